The van der Waals surface area contributed by atoms with E-state index in [1.54, 1.807) is 6.20 Å². The lowest BCUT2D eigenvalue weighted by molar-refractivity contribution is 1.10. The van der Waals surface area contributed by atoms with E-state index in [4.69, 9.17) is 11.6 Å². The van der Waals surface area contributed by atoms with Crippen LogP contribution in [0.4, 0.5) is 0 Å². The molecule has 0 amide bonds. The standard InChI is InChI=1S/C9H6BrClN2/c10-6-1-2-7(8(11)5-6)9-3-4-12-13-9/h1-5H,(H,12,13). The number of hydrogen-bond acceptors (Lipinski definition) is 1. The van der Waals surface area contributed by atoms with Gasteiger partial charge in [0.1, 0.15) is 0 Å². The number of aromatic amines is 1. The van der Waals surface area contributed by atoms with Crippen molar-refractivity contribution in [2.24, 2.45) is 0 Å². The van der Waals surface area contributed by atoms with E-state index < -0.39 is 0 Å². The first kappa shape index (κ1) is 8.78. The maximum absolute atomic E-state index is 6.04. The van der Waals surface area contributed by atoms with Crippen molar-refractivity contribution in [3.05, 3.63) is 40.0 Å². The summed E-state index contributed by atoms with van der Waals surface area (Å²) in [6.45, 7) is 0. The van der Waals surface area contributed by atoms with Crippen LogP contribution in [-0.4, -0.2) is 10.2 Å². The number of nitrogens with one attached hydrogen (secondary N) is 1. The van der Waals surface area contributed by atoms with Gasteiger partial charge >= 0.3 is 0 Å². The Bertz CT molecular complexity index is 412. The van der Waals surface area contributed by atoms with Gasteiger partial charge in [-0.15, -0.1) is 0 Å². The van der Waals surface area contributed by atoms with Crippen molar-refractivity contribution >= 4 is 27.5 Å². The maximum atomic E-state index is 6.04. The highest BCUT2D eigenvalue weighted by Crippen LogP contribution is 2.28. The third-order valence-electron chi connectivity index (χ3n) is 1.72. The zero-order valence-corrected chi connectivity index (χ0v) is 8.93. The first-order chi connectivity index (χ1) is 6.27. The number of hydrogen-bond donors (Lipinski definition) is 1. The van der Waals surface area contributed by atoms with E-state index >= 15 is 0 Å². The van der Waals surface area contributed by atoms with Gasteiger partial charge in [-0.2, -0.15) is 5.10 Å². The largest absolute Gasteiger partial charge is 0.278 e. The number of halogens is 2. The minimum atomic E-state index is 0.707. The molecule has 4 heteroatoms. The molecule has 0 bridgehead atoms. The predicted octanol–water partition coefficient (Wildman–Crippen LogP) is 3.49. The molecular formula is C9H6BrClN2. The van der Waals surface area contributed by atoms with Gasteiger partial charge in [-0.1, -0.05) is 33.6 Å². The van der Waals surface area contributed by atoms with Crippen molar-refractivity contribution in [3.8, 4) is 11.3 Å². The van der Waals surface area contributed by atoms with E-state index in [-0.39, 0.29) is 0 Å². The van der Waals surface area contributed by atoms with Crippen LogP contribution < -0.4 is 0 Å². The molecule has 66 valence electrons. The van der Waals surface area contributed by atoms with Crippen LogP contribution >= 0.6 is 27.5 Å². The van der Waals surface area contributed by atoms with Gasteiger partial charge in [-0.3, -0.25) is 5.10 Å². The summed E-state index contributed by atoms with van der Waals surface area (Å²) in [7, 11) is 0. The average Bonchev–Trinajstić information content (AvgIpc) is 2.56. The summed E-state index contributed by atoms with van der Waals surface area (Å²) < 4.78 is 0.973. The van der Waals surface area contributed by atoms with Crippen molar-refractivity contribution in [2.75, 3.05) is 0 Å². The second-order valence-electron chi connectivity index (χ2n) is 2.59. The molecule has 0 aliphatic heterocycles. The number of nitrogens with zero attached hydrogens (tertiary/aromatic N) is 1. The maximum Gasteiger partial charge on any atom is 0.0665 e. The average molecular weight is 258 g/mol. The molecule has 1 aromatic carbocycles. The molecule has 2 nitrogen and oxygen atoms in total. The van der Waals surface area contributed by atoms with Crippen LogP contribution in [0.15, 0.2) is 34.9 Å². The van der Waals surface area contributed by atoms with Crippen molar-refractivity contribution in [1.29, 1.82) is 0 Å². The number of aromatic nitrogens is 2. The molecule has 0 fully saturated rings. The first-order valence-corrected chi connectivity index (χ1v) is 4.89. The zero-order valence-electron chi connectivity index (χ0n) is 6.59. The van der Waals surface area contributed by atoms with Crippen LogP contribution in [0, 0.1) is 0 Å². The van der Waals surface area contributed by atoms with Crippen LogP contribution in [0.25, 0.3) is 11.3 Å². The highest BCUT2D eigenvalue weighted by Gasteiger charge is 2.03. The van der Waals surface area contributed by atoms with Gasteiger partial charge in [0.2, 0.25) is 0 Å². The van der Waals surface area contributed by atoms with Crippen LogP contribution in [0.2, 0.25) is 5.02 Å². The molecule has 13 heavy (non-hydrogen) atoms. The third-order valence-corrected chi connectivity index (χ3v) is 2.53. The van der Waals surface area contributed by atoms with E-state index in [9.17, 15) is 0 Å². The predicted molar refractivity (Wildman–Crippen MR) is 56.7 cm³/mol. The Morgan fingerprint density at radius 2 is 2.15 bits per heavy atom. The van der Waals surface area contributed by atoms with Gasteiger partial charge in [-0.05, 0) is 18.2 Å². The molecule has 0 saturated heterocycles. The Labute approximate surface area is 89.1 Å². The van der Waals surface area contributed by atoms with Crippen LogP contribution in [0.5, 0.6) is 0 Å². The quantitative estimate of drug-likeness (QED) is 0.832. The Morgan fingerprint density at radius 1 is 1.31 bits per heavy atom. The minimum absolute atomic E-state index is 0.707. The van der Waals surface area contributed by atoms with Gasteiger partial charge in [-0.25, -0.2) is 0 Å². The van der Waals surface area contributed by atoms with Gasteiger partial charge in [0.05, 0.1) is 10.7 Å². The molecule has 1 aromatic heterocycles. The smallest absolute Gasteiger partial charge is 0.0665 e. The fraction of sp³-hybridized carbons (Fsp3) is 0. The van der Waals surface area contributed by atoms with Crippen LogP contribution in [-0.2, 0) is 0 Å². The SMILES string of the molecule is Clc1cc(Br)ccc1-c1ccn[nH]1. The Morgan fingerprint density at radius 3 is 2.77 bits per heavy atom. The van der Waals surface area contributed by atoms with Gasteiger partial charge in [0.15, 0.2) is 0 Å². The molecule has 0 aliphatic rings. The summed E-state index contributed by atoms with van der Waals surface area (Å²) in [6.07, 6.45) is 1.70. The number of rotatable bonds is 1. The normalized spacial score (nSPS) is 10.3. The Kier molecular flexibility index (Phi) is 2.38. The lowest BCUT2D eigenvalue weighted by Gasteiger charge is -2.00. The van der Waals surface area contributed by atoms with Crippen molar-refractivity contribution in [3.63, 3.8) is 0 Å². The van der Waals surface area contributed by atoms with Gasteiger partial charge in [0.25, 0.3) is 0 Å². The van der Waals surface area contributed by atoms with E-state index in [1.807, 2.05) is 24.3 Å². The Hall–Kier alpha value is -0.800. The van der Waals surface area contributed by atoms with Crippen LogP contribution in [0.1, 0.15) is 0 Å². The lowest BCUT2D eigenvalue weighted by Crippen LogP contribution is -1.79. The monoisotopic (exact) mass is 256 g/mol. The number of benzene rings is 1. The van der Waals surface area contributed by atoms with E-state index in [0.717, 1.165) is 15.7 Å². The van der Waals surface area contributed by atoms with Gasteiger partial charge < -0.3 is 0 Å². The summed E-state index contributed by atoms with van der Waals surface area (Å²) in [4.78, 5) is 0. The van der Waals surface area contributed by atoms with E-state index in [0.29, 0.717) is 5.02 Å². The lowest BCUT2D eigenvalue weighted by atomic mass is 10.1. The summed E-state index contributed by atoms with van der Waals surface area (Å²) in [6, 6.07) is 7.63. The fourth-order valence-electron chi connectivity index (χ4n) is 1.11. The number of H-pyrrole nitrogens is 1. The second-order valence-corrected chi connectivity index (χ2v) is 3.92. The van der Waals surface area contributed by atoms with Crippen molar-refractivity contribution in [2.45, 2.75) is 0 Å². The molecule has 0 radical (unpaired) electrons. The first-order valence-electron chi connectivity index (χ1n) is 3.72. The van der Waals surface area contributed by atoms with Crippen molar-refractivity contribution < 1.29 is 0 Å². The fourth-order valence-corrected chi connectivity index (χ4v) is 1.89. The molecule has 0 saturated carbocycles. The molecule has 2 aromatic rings. The van der Waals surface area contributed by atoms with Crippen molar-refractivity contribution in [1.82, 2.24) is 10.2 Å². The Balaban J connectivity index is 2.53. The summed E-state index contributed by atoms with van der Waals surface area (Å²) in [5.41, 5.74) is 1.89. The van der Waals surface area contributed by atoms with E-state index in [1.165, 1.54) is 0 Å². The molecule has 2 rings (SSSR count). The summed E-state index contributed by atoms with van der Waals surface area (Å²) >= 11 is 9.39. The molecule has 0 unspecified atom stereocenters. The highest BCUT2D eigenvalue weighted by atomic mass is 79.9. The molecule has 0 spiro atoms. The highest BCUT2D eigenvalue weighted by molar-refractivity contribution is 9.10. The molecule has 0 aliphatic carbocycles. The summed E-state index contributed by atoms with van der Waals surface area (Å²) in [5.74, 6) is 0. The van der Waals surface area contributed by atoms with E-state index in [2.05, 4.69) is 26.1 Å². The summed E-state index contributed by atoms with van der Waals surface area (Å²) in [5, 5.41) is 7.44. The van der Waals surface area contributed by atoms with Gasteiger partial charge in [0, 0.05) is 16.2 Å². The molecule has 1 N–H and O–H groups in total. The topological polar surface area (TPSA) is 28.7 Å². The third kappa shape index (κ3) is 1.76. The minimum Gasteiger partial charge on any atom is -0.278 e. The molecule has 1 heterocycles. The van der Waals surface area contributed by atoms with Crippen LogP contribution in [0.3, 0.4) is 0 Å². The second kappa shape index (κ2) is 3.52. The zero-order chi connectivity index (χ0) is 9.26. The molecular weight excluding hydrogens is 251 g/mol. The molecule has 0 atom stereocenters.